The molecule has 21 heavy (non-hydrogen) atoms. The van der Waals surface area contributed by atoms with Crippen LogP contribution in [0.4, 0.5) is 13.2 Å². The molecular formula is C13H15F3N2O3. The Morgan fingerprint density at radius 2 is 1.90 bits per heavy atom. The molecule has 1 aromatic carbocycles. The van der Waals surface area contributed by atoms with Crippen LogP contribution in [0.3, 0.4) is 0 Å². The third-order valence-corrected chi connectivity index (χ3v) is 2.38. The van der Waals surface area contributed by atoms with Gasteiger partial charge < -0.3 is 4.74 Å². The van der Waals surface area contributed by atoms with Crippen molar-refractivity contribution in [3.63, 3.8) is 0 Å². The largest absolute Gasteiger partial charge is 0.484 e. The lowest BCUT2D eigenvalue weighted by molar-refractivity contribution is -0.137. The van der Waals surface area contributed by atoms with Crippen molar-refractivity contribution in [2.75, 3.05) is 6.61 Å². The molecule has 0 aromatic heterocycles. The summed E-state index contributed by atoms with van der Waals surface area (Å²) >= 11 is 0. The first-order valence-electron chi connectivity index (χ1n) is 6.09. The fraction of sp³-hybridized carbons (Fsp3) is 0.385. The molecule has 0 spiro atoms. The molecule has 116 valence electrons. The third-order valence-electron chi connectivity index (χ3n) is 2.38. The predicted molar refractivity (Wildman–Crippen MR) is 68.1 cm³/mol. The van der Waals surface area contributed by atoms with Crippen molar-refractivity contribution in [2.45, 2.75) is 20.0 Å². The Labute approximate surface area is 119 Å². The van der Waals surface area contributed by atoms with Crippen molar-refractivity contribution in [1.82, 2.24) is 10.9 Å². The summed E-state index contributed by atoms with van der Waals surface area (Å²) in [5.41, 5.74) is 3.38. The molecule has 0 saturated heterocycles. The molecule has 0 unspecified atom stereocenters. The monoisotopic (exact) mass is 304 g/mol. The number of hydrogen-bond acceptors (Lipinski definition) is 3. The Kier molecular flexibility index (Phi) is 5.57. The van der Waals surface area contributed by atoms with Crippen molar-refractivity contribution in [3.05, 3.63) is 29.8 Å². The second kappa shape index (κ2) is 6.96. The second-order valence-electron chi connectivity index (χ2n) is 4.51. The maximum absolute atomic E-state index is 12.5. The van der Waals surface area contributed by atoms with E-state index in [0.29, 0.717) is 0 Å². The number of hydrogen-bond donors (Lipinski definition) is 2. The molecule has 0 radical (unpaired) electrons. The lowest BCUT2D eigenvalue weighted by atomic mass is 10.2. The highest BCUT2D eigenvalue weighted by Crippen LogP contribution is 2.31. The predicted octanol–water partition coefficient (Wildman–Crippen LogP) is 1.89. The molecule has 8 heteroatoms. The molecule has 0 bridgehead atoms. The fourth-order valence-corrected chi connectivity index (χ4v) is 1.22. The zero-order valence-electron chi connectivity index (χ0n) is 11.5. The van der Waals surface area contributed by atoms with Gasteiger partial charge in [0.15, 0.2) is 6.61 Å². The number of carbonyl (C=O) groups is 2. The van der Waals surface area contributed by atoms with Crippen molar-refractivity contribution < 1.29 is 27.5 Å². The number of benzene rings is 1. The van der Waals surface area contributed by atoms with Crippen LogP contribution < -0.4 is 15.6 Å². The lowest BCUT2D eigenvalue weighted by Gasteiger charge is -2.11. The summed E-state index contributed by atoms with van der Waals surface area (Å²) in [6.07, 6.45) is -4.48. The number of nitrogens with one attached hydrogen (secondary N) is 2. The van der Waals surface area contributed by atoms with Gasteiger partial charge in [-0.1, -0.05) is 19.9 Å². The Hall–Kier alpha value is -2.25. The van der Waals surface area contributed by atoms with Crippen LogP contribution >= 0.6 is 0 Å². The normalized spacial score (nSPS) is 11.1. The summed E-state index contributed by atoms with van der Waals surface area (Å²) in [5, 5.41) is 0. The average molecular weight is 304 g/mol. The minimum absolute atomic E-state index is 0.0878. The molecule has 0 aliphatic carbocycles. The van der Waals surface area contributed by atoms with Crippen LogP contribution in [0.2, 0.25) is 0 Å². The summed E-state index contributed by atoms with van der Waals surface area (Å²) in [5.74, 6) is -1.46. The summed E-state index contributed by atoms with van der Waals surface area (Å²) in [6.45, 7) is 2.76. The molecule has 0 heterocycles. The molecule has 0 fully saturated rings. The minimum Gasteiger partial charge on any atom is -0.484 e. The van der Waals surface area contributed by atoms with Gasteiger partial charge in [-0.3, -0.25) is 20.4 Å². The summed E-state index contributed by atoms with van der Waals surface area (Å²) in [7, 11) is 0. The van der Waals surface area contributed by atoms with E-state index in [2.05, 4.69) is 10.9 Å². The Bertz CT molecular complexity index is 516. The first kappa shape index (κ1) is 16.8. The maximum atomic E-state index is 12.5. The first-order valence-corrected chi connectivity index (χ1v) is 6.09. The summed E-state index contributed by atoms with van der Waals surface area (Å²) in [4.78, 5) is 22.5. The van der Waals surface area contributed by atoms with Gasteiger partial charge in [-0.15, -0.1) is 0 Å². The Morgan fingerprint density at radius 1 is 1.24 bits per heavy atom. The smallest absolute Gasteiger partial charge is 0.416 e. The van der Waals surface area contributed by atoms with E-state index in [1.165, 1.54) is 12.1 Å². The van der Waals surface area contributed by atoms with Crippen LogP contribution in [0.1, 0.15) is 19.4 Å². The van der Waals surface area contributed by atoms with E-state index in [1.54, 1.807) is 13.8 Å². The molecule has 1 rings (SSSR count). The second-order valence-corrected chi connectivity index (χ2v) is 4.51. The van der Waals surface area contributed by atoms with Crippen molar-refractivity contribution in [1.29, 1.82) is 0 Å². The molecule has 5 nitrogen and oxygen atoms in total. The first-order chi connectivity index (χ1) is 9.70. The quantitative estimate of drug-likeness (QED) is 0.835. The van der Waals surface area contributed by atoms with Crippen molar-refractivity contribution in [2.24, 2.45) is 5.92 Å². The molecular weight excluding hydrogens is 289 g/mol. The van der Waals surface area contributed by atoms with Crippen LogP contribution in [0.25, 0.3) is 0 Å². The topological polar surface area (TPSA) is 67.4 Å². The van der Waals surface area contributed by atoms with Gasteiger partial charge >= 0.3 is 6.18 Å². The highest BCUT2D eigenvalue weighted by atomic mass is 19.4. The number of rotatable bonds is 4. The number of alkyl halides is 3. The van der Waals surface area contributed by atoms with E-state index in [4.69, 9.17) is 4.74 Å². The molecule has 2 N–H and O–H groups in total. The summed E-state index contributed by atoms with van der Waals surface area (Å²) in [6, 6.07) is 4.17. The van der Waals surface area contributed by atoms with Gasteiger partial charge in [-0.25, -0.2) is 0 Å². The third kappa shape index (κ3) is 5.72. The van der Waals surface area contributed by atoms with E-state index in [1.807, 2.05) is 0 Å². The van der Waals surface area contributed by atoms with Crippen LogP contribution in [0.5, 0.6) is 5.75 Å². The van der Waals surface area contributed by atoms with Crippen LogP contribution in [0.15, 0.2) is 24.3 Å². The standard InChI is InChI=1S/C13H15F3N2O3/c1-8(2)12(20)18-17-11(19)7-21-10-5-3-4-9(6-10)13(14,15)16/h3-6,8H,7H2,1-2H3,(H,17,19)(H,18,20). The number of amides is 2. The van der Waals surface area contributed by atoms with Crippen molar-refractivity contribution >= 4 is 11.8 Å². The number of ether oxygens (including phenoxy) is 1. The van der Waals surface area contributed by atoms with Gasteiger partial charge in [0.25, 0.3) is 5.91 Å². The zero-order chi connectivity index (χ0) is 16.0. The SMILES string of the molecule is CC(C)C(=O)NNC(=O)COc1cccc(C(F)(F)F)c1. The van der Waals surface area contributed by atoms with E-state index in [-0.39, 0.29) is 17.6 Å². The minimum atomic E-state index is -4.48. The van der Waals surface area contributed by atoms with Gasteiger partial charge in [0, 0.05) is 5.92 Å². The maximum Gasteiger partial charge on any atom is 0.416 e. The molecule has 0 aliphatic rings. The average Bonchev–Trinajstić information content (AvgIpc) is 2.41. The molecule has 0 saturated carbocycles. The molecule has 0 atom stereocenters. The van der Waals surface area contributed by atoms with Crippen LogP contribution in [-0.4, -0.2) is 18.4 Å². The van der Waals surface area contributed by atoms with E-state index < -0.39 is 24.3 Å². The van der Waals surface area contributed by atoms with E-state index in [0.717, 1.165) is 12.1 Å². The van der Waals surface area contributed by atoms with Crippen molar-refractivity contribution in [3.8, 4) is 5.75 Å². The molecule has 2 amide bonds. The van der Waals surface area contributed by atoms with Gasteiger partial charge in [0.1, 0.15) is 5.75 Å². The molecule has 0 aliphatic heterocycles. The number of halogens is 3. The lowest BCUT2D eigenvalue weighted by Crippen LogP contribution is -2.45. The Balaban J connectivity index is 2.48. The number of carbonyl (C=O) groups excluding carboxylic acids is 2. The van der Waals surface area contributed by atoms with E-state index in [9.17, 15) is 22.8 Å². The fourth-order valence-electron chi connectivity index (χ4n) is 1.22. The summed E-state index contributed by atoms with van der Waals surface area (Å²) < 4.78 is 42.3. The highest BCUT2D eigenvalue weighted by molar-refractivity contribution is 5.83. The van der Waals surface area contributed by atoms with E-state index >= 15 is 0 Å². The molecule has 1 aromatic rings. The van der Waals surface area contributed by atoms with Gasteiger partial charge in [0.05, 0.1) is 5.56 Å². The van der Waals surface area contributed by atoms with Crippen LogP contribution in [0, 0.1) is 5.92 Å². The highest BCUT2D eigenvalue weighted by Gasteiger charge is 2.30. The Morgan fingerprint density at radius 3 is 2.48 bits per heavy atom. The van der Waals surface area contributed by atoms with Crippen LogP contribution in [-0.2, 0) is 15.8 Å². The number of hydrazine groups is 1. The van der Waals surface area contributed by atoms with Gasteiger partial charge in [-0.2, -0.15) is 13.2 Å². The van der Waals surface area contributed by atoms with Gasteiger partial charge in [0.2, 0.25) is 5.91 Å². The zero-order valence-corrected chi connectivity index (χ0v) is 11.5. The van der Waals surface area contributed by atoms with Gasteiger partial charge in [-0.05, 0) is 18.2 Å².